The predicted molar refractivity (Wildman–Crippen MR) is 79.5 cm³/mol. The first kappa shape index (κ1) is 17.1. The highest BCUT2D eigenvalue weighted by Gasteiger charge is 2.14. The molecule has 0 saturated heterocycles. The zero-order valence-corrected chi connectivity index (χ0v) is 12.8. The van der Waals surface area contributed by atoms with E-state index < -0.39 is 10.1 Å². The molecule has 1 aromatic carbocycles. The van der Waals surface area contributed by atoms with E-state index >= 15 is 0 Å². The molecule has 0 spiro atoms. The number of aliphatic hydroxyl groups excluding tert-OH is 1. The van der Waals surface area contributed by atoms with E-state index in [0.717, 1.165) is 44.1 Å². The molecule has 0 amide bonds. The van der Waals surface area contributed by atoms with Crippen LogP contribution in [0.5, 0.6) is 0 Å². The van der Waals surface area contributed by atoms with Gasteiger partial charge in [-0.2, -0.15) is 8.42 Å². The highest BCUT2D eigenvalue weighted by atomic mass is 32.2. The molecule has 1 rings (SSSR count). The van der Waals surface area contributed by atoms with E-state index in [0.29, 0.717) is 12.0 Å². The van der Waals surface area contributed by atoms with E-state index in [1.54, 1.807) is 6.07 Å². The summed E-state index contributed by atoms with van der Waals surface area (Å²) < 4.78 is 31.8. The van der Waals surface area contributed by atoms with Gasteiger partial charge in [-0.25, -0.2) is 0 Å². The SMILES string of the molecule is Cc1ccc(S(=O)(=O)O)c(CCCCCCCCO)c1. The molecule has 0 unspecified atom stereocenters. The van der Waals surface area contributed by atoms with Gasteiger partial charge in [-0.05, 0) is 37.8 Å². The smallest absolute Gasteiger partial charge is 0.294 e. The molecule has 0 bridgehead atoms. The summed E-state index contributed by atoms with van der Waals surface area (Å²) in [5.41, 5.74) is 1.69. The van der Waals surface area contributed by atoms with Crippen LogP contribution >= 0.6 is 0 Å². The molecule has 0 aromatic heterocycles. The van der Waals surface area contributed by atoms with E-state index in [1.165, 1.54) is 6.07 Å². The number of unbranched alkanes of at least 4 members (excludes halogenated alkanes) is 5. The van der Waals surface area contributed by atoms with Crippen molar-refractivity contribution < 1.29 is 18.1 Å². The molecule has 0 atom stereocenters. The standard InChI is InChI=1S/C15H24O4S/c1-13-9-10-15(20(17,18)19)14(12-13)8-6-4-2-3-5-7-11-16/h9-10,12,16H,2-8,11H2,1H3,(H,17,18,19). The number of benzene rings is 1. The van der Waals surface area contributed by atoms with Gasteiger partial charge in [0.05, 0.1) is 4.90 Å². The van der Waals surface area contributed by atoms with Crippen molar-refractivity contribution in [2.75, 3.05) is 6.61 Å². The van der Waals surface area contributed by atoms with Crippen molar-refractivity contribution >= 4 is 10.1 Å². The number of rotatable bonds is 9. The second-order valence-electron chi connectivity index (χ2n) is 5.18. The van der Waals surface area contributed by atoms with Gasteiger partial charge in [0.1, 0.15) is 0 Å². The van der Waals surface area contributed by atoms with Crippen LogP contribution in [0.1, 0.15) is 49.7 Å². The van der Waals surface area contributed by atoms with Crippen LogP contribution in [0, 0.1) is 6.92 Å². The van der Waals surface area contributed by atoms with Crippen LogP contribution < -0.4 is 0 Å². The summed E-state index contributed by atoms with van der Waals surface area (Å²) in [6.45, 7) is 2.16. The van der Waals surface area contributed by atoms with Gasteiger partial charge in [0.25, 0.3) is 10.1 Å². The van der Waals surface area contributed by atoms with Crippen LogP contribution in [0.15, 0.2) is 23.1 Å². The molecule has 20 heavy (non-hydrogen) atoms. The Bertz CT molecular complexity index is 509. The van der Waals surface area contributed by atoms with Crippen molar-refractivity contribution in [2.45, 2.75) is 56.8 Å². The summed E-state index contributed by atoms with van der Waals surface area (Å²) in [4.78, 5) is 0.0309. The molecule has 0 heterocycles. The summed E-state index contributed by atoms with van der Waals surface area (Å²) in [5.74, 6) is 0. The lowest BCUT2D eigenvalue weighted by molar-refractivity contribution is 0.282. The van der Waals surface area contributed by atoms with Crippen LogP contribution in [-0.4, -0.2) is 24.7 Å². The minimum Gasteiger partial charge on any atom is -0.396 e. The number of aryl methyl sites for hydroxylation is 2. The van der Waals surface area contributed by atoms with Gasteiger partial charge in [0, 0.05) is 6.61 Å². The van der Waals surface area contributed by atoms with Crippen LogP contribution in [0.25, 0.3) is 0 Å². The van der Waals surface area contributed by atoms with Gasteiger partial charge < -0.3 is 5.11 Å². The topological polar surface area (TPSA) is 74.6 Å². The minimum absolute atomic E-state index is 0.0309. The fourth-order valence-corrected chi connectivity index (χ4v) is 3.02. The zero-order valence-electron chi connectivity index (χ0n) is 12.0. The Morgan fingerprint density at radius 1 is 1.00 bits per heavy atom. The average molecular weight is 300 g/mol. The molecule has 0 aliphatic rings. The lowest BCUT2D eigenvalue weighted by Crippen LogP contribution is -2.03. The molecular formula is C15H24O4S. The van der Waals surface area contributed by atoms with Gasteiger partial charge in [0.2, 0.25) is 0 Å². The maximum absolute atomic E-state index is 11.3. The summed E-state index contributed by atoms with van der Waals surface area (Å²) in [6, 6.07) is 5.00. The highest BCUT2D eigenvalue weighted by molar-refractivity contribution is 7.85. The van der Waals surface area contributed by atoms with Crippen molar-refractivity contribution in [2.24, 2.45) is 0 Å². The molecule has 0 aliphatic heterocycles. The molecule has 4 nitrogen and oxygen atoms in total. The Morgan fingerprint density at radius 3 is 2.20 bits per heavy atom. The first-order chi connectivity index (χ1) is 9.45. The van der Waals surface area contributed by atoms with E-state index in [4.69, 9.17) is 5.11 Å². The van der Waals surface area contributed by atoms with Gasteiger partial charge in [-0.3, -0.25) is 4.55 Å². The maximum atomic E-state index is 11.3. The van der Waals surface area contributed by atoms with Crippen LogP contribution in [0.3, 0.4) is 0 Å². The second-order valence-corrected chi connectivity index (χ2v) is 6.57. The molecule has 0 aliphatic carbocycles. The van der Waals surface area contributed by atoms with Gasteiger partial charge in [-0.1, -0.05) is 43.4 Å². The van der Waals surface area contributed by atoms with E-state index in [1.807, 2.05) is 13.0 Å². The zero-order chi connectivity index (χ0) is 15.0. The molecular weight excluding hydrogens is 276 g/mol. The minimum atomic E-state index is -4.13. The van der Waals surface area contributed by atoms with Gasteiger partial charge in [0.15, 0.2) is 0 Å². The van der Waals surface area contributed by atoms with Crippen molar-refractivity contribution in [1.82, 2.24) is 0 Å². The Labute approximate surface area is 121 Å². The first-order valence-corrected chi connectivity index (χ1v) is 8.57. The van der Waals surface area contributed by atoms with Crippen molar-refractivity contribution in [1.29, 1.82) is 0 Å². The molecule has 0 fully saturated rings. The van der Waals surface area contributed by atoms with E-state index in [9.17, 15) is 13.0 Å². The third-order valence-electron chi connectivity index (χ3n) is 3.35. The van der Waals surface area contributed by atoms with Crippen LogP contribution in [0.4, 0.5) is 0 Å². The Morgan fingerprint density at radius 2 is 1.60 bits per heavy atom. The van der Waals surface area contributed by atoms with Crippen LogP contribution in [0.2, 0.25) is 0 Å². The van der Waals surface area contributed by atoms with Crippen molar-refractivity contribution in [3.63, 3.8) is 0 Å². The molecule has 2 N–H and O–H groups in total. The largest absolute Gasteiger partial charge is 0.396 e. The van der Waals surface area contributed by atoms with E-state index in [2.05, 4.69) is 0 Å². The van der Waals surface area contributed by atoms with Gasteiger partial charge >= 0.3 is 0 Å². The normalized spacial score (nSPS) is 11.8. The molecule has 0 saturated carbocycles. The van der Waals surface area contributed by atoms with Crippen molar-refractivity contribution in [3.8, 4) is 0 Å². The fourth-order valence-electron chi connectivity index (χ4n) is 2.29. The fraction of sp³-hybridized carbons (Fsp3) is 0.600. The highest BCUT2D eigenvalue weighted by Crippen LogP contribution is 2.20. The van der Waals surface area contributed by atoms with E-state index in [-0.39, 0.29) is 11.5 Å². The van der Waals surface area contributed by atoms with Gasteiger partial charge in [-0.15, -0.1) is 0 Å². The van der Waals surface area contributed by atoms with Crippen molar-refractivity contribution in [3.05, 3.63) is 29.3 Å². The summed E-state index contributed by atoms with van der Waals surface area (Å²) >= 11 is 0. The first-order valence-electron chi connectivity index (χ1n) is 7.13. The Balaban J connectivity index is 2.49. The average Bonchev–Trinajstić information content (AvgIpc) is 2.36. The molecule has 114 valence electrons. The Kier molecular flexibility index (Phi) is 7.19. The lowest BCUT2D eigenvalue weighted by Gasteiger charge is -2.08. The second kappa shape index (κ2) is 8.39. The molecule has 0 radical (unpaired) electrons. The summed E-state index contributed by atoms with van der Waals surface area (Å²) in [7, 11) is -4.13. The lowest BCUT2D eigenvalue weighted by atomic mass is 10.0. The molecule has 1 aromatic rings. The summed E-state index contributed by atoms with van der Waals surface area (Å²) in [5, 5.41) is 8.67. The third kappa shape index (κ3) is 6.03. The maximum Gasteiger partial charge on any atom is 0.294 e. The predicted octanol–water partition coefficient (Wildman–Crippen LogP) is 3.12. The summed E-state index contributed by atoms with van der Waals surface area (Å²) in [6.07, 6.45) is 6.68. The monoisotopic (exact) mass is 300 g/mol. The quantitative estimate of drug-likeness (QED) is 0.543. The third-order valence-corrected chi connectivity index (χ3v) is 4.30. The number of hydrogen-bond donors (Lipinski definition) is 2. The number of hydrogen-bond acceptors (Lipinski definition) is 3. The Hall–Kier alpha value is -0.910. The molecule has 5 heteroatoms. The number of aliphatic hydroxyl groups is 1. The van der Waals surface area contributed by atoms with Crippen LogP contribution in [-0.2, 0) is 16.5 Å².